The highest BCUT2D eigenvalue weighted by Gasteiger charge is 2.31. The van der Waals surface area contributed by atoms with E-state index in [2.05, 4.69) is 139 Å². The summed E-state index contributed by atoms with van der Waals surface area (Å²) in [5, 5.41) is 3.96. The van der Waals surface area contributed by atoms with Crippen LogP contribution in [-0.2, 0) is 0 Å². The molecule has 0 saturated heterocycles. The van der Waals surface area contributed by atoms with E-state index >= 15 is 0 Å². The fraction of sp³-hybridized carbons (Fsp3) is 0.0732. The Kier molecular flexibility index (Phi) is 6.03. The summed E-state index contributed by atoms with van der Waals surface area (Å²) in [7, 11) is 0. The molecule has 3 aromatic heterocycles. The second kappa shape index (κ2) is 10.4. The van der Waals surface area contributed by atoms with E-state index in [1.54, 1.807) is 0 Å². The zero-order valence-corrected chi connectivity index (χ0v) is 25.6. The highest BCUT2D eigenvalue weighted by Crippen LogP contribution is 2.48. The Morgan fingerprint density at radius 2 is 1.36 bits per heavy atom. The number of hydrogen-bond acceptors (Lipinski definition) is 3. The van der Waals surface area contributed by atoms with Crippen molar-refractivity contribution in [2.24, 2.45) is 0 Å². The summed E-state index contributed by atoms with van der Waals surface area (Å²) < 4.78 is 4.98. The number of hydrogen-bond donors (Lipinski definition) is 0. The lowest BCUT2D eigenvalue weighted by Crippen LogP contribution is -2.13. The molecule has 4 heteroatoms. The first-order chi connectivity index (χ1) is 22.2. The van der Waals surface area contributed by atoms with Gasteiger partial charge in [0.15, 0.2) is 0 Å². The molecule has 1 aliphatic rings. The van der Waals surface area contributed by atoms with Crippen molar-refractivity contribution in [2.75, 3.05) is 0 Å². The molecular weight excluding hydrogens is 567 g/mol. The van der Waals surface area contributed by atoms with E-state index in [0.717, 1.165) is 16.8 Å². The Hall–Kier alpha value is -5.32. The summed E-state index contributed by atoms with van der Waals surface area (Å²) >= 11 is 1.91. The Morgan fingerprint density at radius 3 is 2.22 bits per heavy atom. The van der Waals surface area contributed by atoms with Crippen molar-refractivity contribution in [1.29, 1.82) is 0 Å². The largest absolute Gasteiger partial charge is 0.278 e. The smallest absolute Gasteiger partial charge is 0.235 e. The Balaban J connectivity index is 1.15. The van der Waals surface area contributed by atoms with Gasteiger partial charge in [0.2, 0.25) is 5.95 Å². The molecule has 0 radical (unpaired) electrons. The Bertz CT molecular complexity index is 2400. The molecule has 3 heterocycles. The molecular formula is C41H29N3S. The Morgan fingerprint density at radius 1 is 0.644 bits per heavy atom. The molecule has 5 aromatic carbocycles. The van der Waals surface area contributed by atoms with E-state index in [1.165, 1.54) is 53.5 Å². The van der Waals surface area contributed by atoms with E-state index < -0.39 is 0 Å². The first kappa shape index (κ1) is 26.1. The van der Waals surface area contributed by atoms with Gasteiger partial charge in [-0.05, 0) is 52.4 Å². The minimum atomic E-state index is 0.268. The summed E-state index contributed by atoms with van der Waals surface area (Å²) in [6.07, 6.45) is 6.58. The number of nitrogens with zero attached hydrogens (tertiary/aromatic N) is 3. The van der Waals surface area contributed by atoms with Gasteiger partial charge in [-0.2, -0.15) is 0 Å². The third-order valence-corrected chi connectivity index (χ3v) is 10.6. The first-order valence-corrected chi connectivity index (χ1v) is 16.3. The maximum atomic E-state index is 5.13. The third-order valence-electron chi connectivity index (χ3n) is 9.33. The van der Waals surface area contributed by atoms with E-state index in [4.69, 9.17) is 9.97 Å². The van der Waals surface area contributed by atoms with Gasteiger partial charge < -0.3 is 0 Å². The number of aromatic nitrogens is 3. The maximum Gasteiger partial charge on any atom is 0.235 e. The van der Waals surface area contributed by atoms with Crippen LogP contribution in [0.1, 0.15) is 35.6 Å². The molecule has 0 aliphatic heterocycles. The van der Waals surface area contributed by atoms with Crippen molar-refractivity contribution >= 4 is 48.5 Å². The molecule has 0 saturated carbocycles. The number of benzene rings is 5. The van der Waals surface area contributed by atoms with Gasteiger partial charge in [0.25, 0.3) is 0 Å². The van der Waals surface area contributed by atoms with Crippen molar-refractivity contribution in [1.82, 2.24) is 14.5 Å². The number of fused-ring (bicyclic) bond motifs is 6. The number of para-hydroxylation sites is 1. The van der Waals surface area contributed by atoms with Crippen LogP contribution < -0.4 is 0 Å². The fourth-order valence-corrected chi connectivity index (χ4v) is 8.43. The highest BCUT2D eigenvalue weighted by atomic mass is 32.1. The van der Waals surface area contributed by atoms with Crippen molar-refractivity contribution < 1.29 is 0 Å². The van der Waals surface area contributed by atoms with Crippen LogP contribution >= 0.6 is 11.3 Å². The SMILES string of the molecule is C[C@H]1c2c(n(-c3nccc(-c4ccc(-c5ccccc5)cc4)n3)c3ccccc23)C=CC1c1cccc2c1sc1ccccc12. The molecule has 0 amide bonds. The topological polar surface area (TPSA) is 30.7 Å². The zero-order chi connectivity index (χ0) is 29.9. The third kappa shape index (κ3) is 4.17. The zero-order valence-electron chi connectivity index (χ0n) is 24.8. The highest BCUT2D eigenvalue weighted by molar-refractivity contribution is 7.26. The lowest BCUT2D eigenvalue weighted by atomic mass is 9.78. The summed E-state index contributed by atoms with van der Waals surface area (Å²) in [6.45, 7) is 2.38. The van der Waals surface area contributed by atoms with Gasteiger partial charge in [-0.1, -0.05) is 122 Å². The van der Waals surface area contributed by atoms with Crippen LogP contribution in [-0.4, -0.2) is 14.5 Å². The molecule has 45 heavy (non-hydrogen) atoms. The molecule has 8 aromatic rings. The van der Waals surface area contributed by atoms with Gasteiger partial charge in [0, 0.05) is 43.2 Å². The van der Waals surface area contributed by atoms with Gasteiger partial charge >= 0.3 is 0 Å². The molecule has 2 atom stereocenters. The minimum absolute atomic E-state index is 0.268. The fourth-order valence-electron chi connectivity index (χ4n) is 7.17. The van der Waals surface area contributed by atoms with Crippen LogP contribution in [0.25, 0.3) is 65.5 Å². The van der Waals surface area contributed by atoms with E-state index in [9.17, 15) is 0 Å². The predicted octanol–water partition coefficient (Wildman–Crippen LogP) is 11.0. The quantitative estimate of drug-likeness (QED) is 0.203. The minimum Gasteiger partial charge on any atom is -0.278 e. The van der Waals surface area contributed by atoms with Crippen molar-refractivity contribution in [3.05, 3.63) is 156 Å². The van der Waals surface area contributed by atoms with Crippen molar-refractivity contribution in [2.45, 2.75) is 18.8 Å². The molecule has 9 rings (SSSR count). The first-order valence-electron chi connectivity index (χ1n) is 15.5. The summed E-state index contributed by atoms with van der Waals surface area (Å²) in [5.41, 5.74) is 9.45. The molecule has 1 unspecified atom stereocenters. The number of thiophene rings is 1. The maximum absolute atomic E-state index is 5.13. The summed E-state index contributed by atoms with van der Waals surface area (Å²) in [5.74, 6) is 1.24. The average Bonchev–Trinajstić information content (AvgIpc) is 3.66. The number of rotatable bonds is 4. The Labute approximate surface area is 265 Å². The molecule has 0 fully saturated rings. The van der Waals surface area contributed by atoms with Gasteiger partial charge in [-0.3, -0.25) is 4.57 Å². The van der Waals surface area contributed by atoms with Gasteiger partial charge in [0.1, 0.15) is 0 Å². The van der Waals surface area contributed by atoms with Crippen molar-refractivity contribution in [3.8, 4) is 28.3 Å². The molecule has 214 valence electrons. The second-order valence-corrected chi connectivity index (χ2v) is 12.9. The van der Waals surface area contributed by atoms with Crippen LogP contribution in [0.5, 0.6) is 0 Å². The summed E-state index contributed by atoms with van der Waals surface area (Å²) in [6, 6.07) is 45.4. The molecule has 0 N–H and O–H groups in total. The van der Waals surface area contributed by atoms with Gasteiger partial charge in [-0.25, -0.2) is 9.97 Å². The molecule has 0 bridgehead atoms. The van der Waals surface area contributed by atoms with Crippen molar-refractivity contribution in [3.63, 3.8) is 0 Å². The van der Waals surface area contributed by atoms with Crippen LogP contribution in [0.3, 0.4) is 0 Å². The van der Waals surface area contributed by atoms with E-state index in [0.29, 0.717) is 5.95 Å². The molecule has 1 aliphatic carbocycles. The van der Waals surface area contributed by atoms with Gasteiger partial charge in [-0.15, -0.1) is 11.3 Å². The summed E-state index contributed by atoms with van der Waals surface area (Å²) in [4.78, 5) is 9.95. The monoisotopic (exact) mass is 595 g/mol. The van der Waals surface area contributed by atoms with Gasteiger partial charge in [0.05, 0.1) is 16.9 Å². The predicted molar refractivity (Wildman–Crippen MR) is 189 cm³/mol. The second-order valence-electron chi connectivity index (χ2n) is 11.8. The van der Waals surface area contributed by atoms with E-state index in [-0.39, 0.29) is 11.8 Å². The normalized spacial score (nSPS) is 16.0. The van der Waals surface area contributed by atoms with Crippen LogP contribution in [0.15, 0.2) is 140 Å². The lowest BCUT2D eigenvalue weighted by molar-refractivity contribution is 0.675. The molecule has 0 spiro atoms. The molecule has 3 nitrogen and oxygen atoms in total. The van der Waals surface area contributed by atoms with Crippen LogP contribution in [0.2, 0.25) is 0 Å². The van der Waals surface area contributed by atoms with Crippen LogP contribution in [0.4, 0.5) is 0 Å². The number of allylic oxidation sites excluding steroid dienone is 1. The average molecular weight is 596 g/mol. The van der Waals surface area contributed by atoms with Crippen LogP contribution in [0, 0.1) is 0 Å². The lowest BCUT2D eigenvalue weighted by Gasteiger charge is -2.27. The standard InChI is InChI=1S/C41H29N3S/c1-26-30(32-14-9-15-33-31-12-6-8-17-38(31)45-40(32)33)22-23-37-39(26)34-13-5-7-16-36(34)44(37)41-42-25-24-35(43-41)29-20-18-28(19-21-29)27-10-3-2-4-11-27/h2-26,30H,1H3/t26-,30?/m1/s1. The van der Waals surface area contributed by atoms with E-state index in [1.807, 2.05) is 29.7 Å².